The van der Waals surface area contributed by atoms with E-state index in [9.17, 15) is 18.0 Å². The van der Waals surface area contributed by atoms with Crippen molar-refractivity contribution in [1.29, 1.82) is 0 Å². The first-order chi connectivity index (χ1) is 11.3. The van der Waals surface area contributed by atoms with Crippen molar-refractivity contribution in [2.24, 2.45) is 0 Å². The molecule has 0 atom stereocenters. The van der Waals surface area contributed by atoms with E-state index < -0.39 is 40.6 Å². The van der Waals surface area contributed by atoms with E-state index in [-0.39, 0.29) is 14.9 Å². The smallest absolute Gasteiger partial charge is 0.321 e. The van der Waals surface area contributed by atoms with Crippen LogP contribution < -0.4 is 10.0 Å². The fraction of sp³-hybridized carbons (Fsp3) is 0.429. The van der Waals surface area contributed by atoms with E-state index in [4.69, 9.17) is 27.9 Å². The highest BCUT2D eigenvalue weighted by molar-refractivity contribution is 9.10. The third kappa shape index (κ3) is 7.49. The Balaban J connectivity index is 2.65. The highest BCUT2D eigenvalue weighted by atomic mass is 79.9. The molecule has 0 bridgehead atoms. The summed E-state index contributed by atoms with van der Waals surface area (Å²) in [5, 5.41) is 2.39. The van der Waals surface area contributed by atoms with Crippen LogP contribution >= 0.6 is 39.1 Å². The molecule has 0 radical (unpaired) electrons. The molecule has 0 aliphatic rings. The zero-order valence-corrected chi connectivity index (χ0v) is 17.6. The molecule has 1 amide bonds. The molecule has 7 nitrogen and oxygen atoms in total. The molecule has 11 heteroatoms. The fourth-order valence-electron chi connectivity index (χ4n) is 1.66. The number of carbonyl (C=O) groups is 2. The van der Waals surface area contributed by atoms with Crippen molar-refractivity contribution in [2.45, 2.75) is 31.2 Å². The second-order valence-corrected chi connectivity index (χ2v) is 9.42. The number of nitrogens with one attached hydrogen (secondary N) is 2. The lowest BCUT2D eigenvalue weighted by molar-refractivity contribution is -0.147. The highest BCUT2D eigenvalue weighted by Gasteiger charge is 2.23. The Bertz CT molecular complexity index is 755. The quantitative estimate of drug-likeness (QED) is 0.615. The minimum Gasteiger partial charge on any atom is -0.455 e. The SMILES string of the molecule is CC(C)(C)NC(=O)COC(=O)CNS(=O)(=O)c1c(Cl)cc(Br)cc1Cl. The Labute approximate surface area is 164 Å². The third-order valence-corrected chi connectivity index (χ3v) is 5.30. The van der Waals surface area contributed by atoms with Crippen molar-refractivity contribution >= 4 is 61.0 Å². The minimum atomic E-state index is -4.14. The summed E-state index contributed by atoms with van der Waals surface area (Å²) in [6.45, 7) is 4.12. The first kappa shape index (κ1) is 22.2. The first-order valence-corrected chi connectivity index (χ1v) is 9.96. The number of carbonyl (C=O) groups excluding carboxylic acids is 2. The van der Waals surface area contributed by atoms with Crippen molar-refractivity contribution in [3.05, 3.63) is 26.7 Å². The van der Waals surface area contributed by atoms with Gasteiger partial charge in [0.05, 0.1) is 10.0 Å². The van der Waals surface area contributed by atoms with Gasteiger partial charge in [-0.2, -0.15) is 4.72 Å². The number of ether oxygens (including phenoxy) is 1. The van der Waals surface area contributed by atoms with Crippen LogP contribution in [0.4, 0.5) is 0 Å². The van der Waals surface area contributed by atoms with Gasteiger partial charge in [0.2, 0.25) is 10.0 Å². The average molecular weight is 476 g/mol. The molecule has 1 aromatic carbocycles. The molecule has 2 N–H and O–H groups in total. The predicted octanol–water partition coefficient (Wildman–Crippen LogP) is 2.49. The molecule has 0 unspecified atom stereocenters. The zero-order chi connectivity index (χ0) is 19.4. The molecule has 0 aliphatic carbocycles. The molecule has 0 saturated carbocycles. The Hall–Kier alpha value is -0.870. The lowest BCUT2D eigenvalue weighted by atomic mass is 10.1. The van der Waals surface area contributed by atoms with Crippen LogP contribution in [0.5, 0.6) is 0 Å². The molecule has 0 heterocycles. The van der Waals surface area contributed by atoms with Gasteiger partial charge in [0.25, 0.3) is 5.91 Å². The van der Waals surface area contributed by atoms with Gasteiger partial charge in [-0.05, 0) is 32.9 Å². The zero-order valence-electron chi connectivity index (χ0n) is 13.7. The summed E-state index contributed by atoms with van der Waals surface area (Å²) in [7, 11) is -4.14. The van der Waals surface area contributed by atoms with E-state index in [1.165, 1.54) is 12.1 Å². The second-order valence-electron chi connectivity index (χ2n) is 5.98. The monoisotopic (exact) mass is 474 g/mol. The summed E-state index contributed by atoms with van der Waals surface area (Å²) in [6, 6.07) is 2.72. The van der Waals surface area contributed by atoms with E-state index in [0.717, 1.165) is 0 Å². The first-order valence-electron chi connectivity index (χ1n) is 6.92. The standard InChI is InChI=1S/C14H17BrCl2N2O5S/c1-14(2,3)19-11(20)7-24-12(21)6-18-25(22,23)13-9(16)4-8(15)5-10(13)17/h4-5,18H,6-7H2,1-3H3,(H,19,20). The van der Waals surface area contributed by atoms with Gasteiger partial charge in [-0.3, -0.25) is 9.59 Å². The molecule has 0 aliphatic heterocycles. The summed E-state index contributed by atoms with van der Waals surface area (Å²) >= 11 is 14.9. The van der Waals surface area contributed by atoms with Crippen LogP contribution in [0, 0.1) is 0 Å². The van der Waals surface area contributed by atoms with Crippen LogP contribution in [0.1, 0.15) is 20.8 Å². The lowest BCUT2D eigenvalue weighted by Gasteiger charge is -2.20. The van der Waals surface area contributed by atoms with Gasteiger partial charge in [0.15, 0.2) is 6.61 Å². The summed E-state index contributed by atoms with van der Waals surface area (Å²) in [6.07, 6.45) is 0. The van der Waals surface area contributed by atoms with Gasteiger partial charge >= 0.3 is 5.97 Å². The number of hydrogen-bond acceptors (Lipinski definition) is 5. The molecular weight excluding hydrogens is 459 g/mol. The van der Waals surface area contributed by atoms with Gasteiger partial charge in [0.1, 0.15) is 11.4 Å². The number of esters is 1. The largest absolute Gasteiger partial charge is 0.455 e. The van der Waals surface area contributed by atoms with E-state index in [2.05, 4.69) is 21.2 Å². The molecule has 1 aromatic rings. The van der Waals surface area contributed by atoms with E-state index in [1.807, 2.05) is 4.72 Å². The summed E-state index contributed by atoms with van der Waals surface area (Å²) in [5.74, 6) is -1.42. The number of benzene rings is 1. The third-order valence-electron chi connectivity index (χ3n) is 2.52. The Morgan fingerprint density at radius 1 is 1.20 bits per heavy atom. The summed E-state index contributed by atoms with van der Waals surface area (Å²) in [5.41, 5.74) is -0.472. The van der Waals surface area contributed by atoms with Crippen molar-refractivity contribution in [3.8, 4) is 0 Å². The fourth-order valence-corrected chi connectivity index (χ4v) is 4.56. The molecule has 0 spiro atoms. The van der Waals surface area contributed by atoms with Crippen LogP contribution in [-0.4, -0.2) is 39.0 Å². The summed E-state index contributed by atoms with van der Waals surface area (Å²) < 4.78 is 31.7. The number of rotatable bonds is 6. The molecule has 0 fully saturated rings. The topological polar surface area (TPSA) is 102 Å². The Kier molecular flexibility index (Phi) is 7.70. The normalized spacial score (nSPS) is 11.9. The van der Waals surface area contributed by atoms with E-state index in [0.29, 0.717) is 4.47 Å². The molecular formula is C14H17BrCl2N2O5S. The Morgan fingerprint density at radius 2 is 1.72 bits per heavy atom. The van der Waals surface area contributed by atoms with Crippen molar-refractivity contribution in [1.82, 2.24) is 10.0 Å². The molecule has 140 valence electrons. The van der Waals surface area contributed by atoms with Crippen LogP contribution in [-0.2, 0) is 24.3 Å². The van der Waals surface area contributed by atoms with E-state index in [1.54, 1.807) is 20.8 Å². The van der Waals surface area contributed by atoms with Gasteiger partial charge in [-0.25, -0.2) is 8.42 Å². The average Bonchev–Trinajstić information content (AvgIpc) is 2.39. The lowest BCUT2D eigenvalue weighted by Crippen LogP contribution is -2.43. The van der Waals surface area contributed by atoms with Crippen molar-refractivity contribution < 1.29 is 22.7 Å². The van der Waals surface area contributed by atoms with Gasteiger partial charge in [-0.15, -0.1) is 0 Å². The maximum absolute atomic E-state index is 12.2. The van der Waals surface area contributed by atoms with Crippen LogP contribution in [0.15, 0.2) is 21.5 Å². The minimum absolute atomic E-state index is 0.107. The van der Waals surface area contributed by atoms with Crippen LogP contribution in [0.2, 0.25) is 10.0 Å². The number of sulfonamides is 1. The van der Waals surface area contributed by atoms with Crippen molar-refractivity contribution in [3.63, 3.8) is 0 Å². The maximum Gasteiger partial charge on any atom is 0.321 e. The summed E-state index contributed by atoms with van der Waals surface area (Å²) in [4.78, 5) is 22.8. The molecule has 0 saturated heterocycles. The number of halogens is 3. The highest BCUT2D eigenvalue weighted by Crippen LogP contribution is 2.32. The van der Waals surface area contributed by atoms with E-state index >= 15 is 0 Å². The van der Waals surface area contributed by atoms with Gasteiger partial charge in [-0.1, -0.05) is 39.1 Å². The Morgan fingerprint density at radius 3 is 2.20 bits per heavy atom. The van der Waals surface area contributed by atoms with Crippen molar-refractivity contribution in [2.75, 3.05) is 13.2 Å². The van der Waals surface area contributed by atoms with Crippen LogP contribution in [0.25, 0.3) is 0 Å². The maximum atomic E-state index is 12.2. The molecule has 0 aromatic heterocycles. The van der Waals surface area contributed by atoms with Gasteiger partial charge in [0, 0.05) is 10.0 Å². The number of amides is 1. The predicted molar refractivity (Wildman–Crippen MR) is 98.2 cm³/mol. The molecule has 1 rings (SSSR count). The second kappa shape index (κ2) is 8.68. The number of hydrogen-bond donors (Lipinski definition) is 2. The molecule has 25 heavy (non-hydrogen) atoms. The van der Waals surface area contributed by atoms with Gasteiger partial charge < -0.3 is 10.1 Å². The van der Waals surface area contributed by atoms with Crippen LogP contribution in [0.3, 0.4) is 0 Å².